The van der Waals surface area contributed by atoms with Crippen LogP contribution >= 0.6 is 0 Å². The molecule has 0 saturated heterocycles. The first-order valence-corrected chi connectivity index (χ1v) is 12.8. The van der Waals surface area contributed by atoms with Gasteiger partial charge in [0.1, 0.15) is 17.5 Å². The summed E-state index contributed by atoms with van der Waals surface area (Å²) in [4.78, 5) is 0. The Kier molecular flexibility index (Phi) is 20.6. The Bertz CT molecular complexity index is 828. The highest BCUT2D eigenvalue weighted by Crippen LogP contribution is 2.23. The van der Waals surface area contributed by atoms with Crippen LogP contribution < -0.4 is 0 Å². The molecule has 0 aromatic heterocycles. The monoisotopic (exact) mass is 488 g/mol. The van der Waals surface area contributed by atoms with Gasteiger partial charge in [-0.1, -0.05) is 104 Å². The van der Waals surface area contributed by atoms with Gasteiger partial charge in [0, 0.05) is 0 Å². The van der Waals surface area contributed by atoms with Gasteiger partial charge in [-0.2, -0.15) is 0 Å². The highest BCUT2D eigenvalue weighted by atomic mass is 19.1. The Morgan fingerprint density at radius 3 is 1.20 bits per heavy atom. The number of aryl methyl sites for hydroxylation is 1. The van der Waals surface area contributed by atoms with Gasteiger partial charge in [-0.05, 0) is 78.6 Å². The van der Waals surface area contributed by atoms with Gasteiger partial charge in [-0.25, -0.2) is 13.2 Å². The number of benzene rings is 3. The van der Waals surface area contributed by atoms with Gasteiger partial charge < -0.3 is 0 Å². The molecule has 0 aliphatic heterocycles. The molecule has 3 aromatic carbocycles. The van der Waals surface area contributed by atoms with Crippen LogP contribution in [0.25, 0.3) is 0 Å². The molecule has 1 unspecified atom stereocenters. The Labute approximate surface area is 213 Å². The van der Waals surface area contributed by atoms with Crippen LogP contribution in [0.1, 0.15) is 84.9 Å². The summed E-state index contributed by atoms with van der Waals surface area (Å²) in [5, 5.41) is 0. The number of hydrogen-bond acceptors (Lipinski definition) is 0. The van der Waals surface area contributed by atoms with E-state index in [1.54, 1.807) is 12.1 Å². The standard InChI is InChI=1S/C11H15F.C10H13F.C7H7F.2C2H6/c1-8(2)9(3)10-4-6-11(12)7-5-10;1-8(2)7-9-3-5-10(11)6-4-9;1-6-2-4-7(8)5-3-6;2*1-2/h4-9H,1-3H3;3-6,8H,7H2,1-2H3;2-5H,1H3;2*1-2H3. The van der Waals surface area contributed by atoms with E-state index >= 15 is 0 Å². The van der Waals surface area contributed by atoms with Crippen LogP contribution in [0.5, 0.6) is 0 Å². The Morgan fingerprint density at radius 2 is 0.886 bits per heavy atom. The summed E-state index contributed by atoms with van der Waals surface area (Å²) in [6.45, 7) is 20.8. The van der Waals surface area contributed by atoms with Gasteiger partial charge in [0.25, 0.3) is 0 Å². The molecule has 0 saturated carbocycles. The molecule has 3 rings (SSSR count). The molecule has 0 aliphatic carbocycles. The summed E-state index contributed by atoms with van der Waals surface area (Å²) >= 11 is 0. The lowest BCUT2D eigenvalue weighted by Gasteiger charge is -2.15. The Hall–Kier alpha value is -2.55. The number of hydrogen-bond donors (Lipinski definition) is 0. The normalized spacial score (nSPS) is 10.4. The largest absolute Gasteiger partial charge is 0.207 e. The lowest BCUT2D eigenvalue weighted by molar-refractivity contribution is 0.533. The Morgan fingerprint density at radius 1 is 0.543 bits per heavy atom. The predicted molar refractivity (Wildman–Crippen MR) is 148 cm³/mol. The maximum Gasteiger partial charge on any atom is 0.123 e. The minimum Gasteiger partial charge on any atom is -0.207 e. The molecule has 0 aliphatic rings. The fourth-order valence-electron chi connectivity index (χ4n) is 2.78. The average Bonchev–Trinajstić information content (AvgIpc) is 2.85. The summed E-state index contributed by atoms with van der Waals surface area (Å²) in [6.07, 6.45) is 1.03. The second-order valence-electron chi connectivity index (χ2n) is 8.60. The molecule has 35 heavy (non-hydrogen) atoms. The van der Waals surface area contributed by atoms with E-state index in [-0.39, 0.29) is 17.5 Å². The lowest BCUT2D eigenvalue weighted by Crippen LogP contribution is -2.01. The van der Waals surface area contributed by atoms with Crippen LogP contribution in [0.15, 0.2) is 72.8 Å². The van der Waals surface area contributed by atoms with Crippen LogP contribution in [0.3, 0.4) is 0 Å². The van der Waals surface area contributed by atoms with E-state index in [4.69, 9.17) is 0 Å². The van der Waals surface area contributed by atoms with Gasteiger partial charge in [0.05, 0.1) is 0 Å². The molecule has 3 heteroatoms. The molecule has 0 spiro atoms. The van der Waals surface area contributed by atoms with Gasteiger partial charge in [0.15, 0.2) is 0 Å². The molecule has 0 amide bonds. The van der Waals surface area contributed by atoms with E-state index in [2.05, 4.69) is 34.6 Å². The number of halogens is 3. The molecule has 3 aromatic rings. The summed E-state index contributed by atoms with van der Waals surface area (Å²) in [5.41, 5.74) is 3.51. The zero-order chi connectivity index (χ0) is 27.4. The summed E-state index contributed by atoms with van der Waals surface area (Å²) in [6, 6.07) is 19.9. The van der Waals surface area contributed by atoms with E-state index in [1.807, 2.05) is 58.9 Å². The lowest BCUT2D eigenvalue weighted by atomic mass is 9.90. The van der Waals surface area contributed by atoms with Crippen LogP contribution in [0, 0.1) is 36.2 Å². The summed E-state index contributed by atoms with van der Waals surface area (Å²) < 4.78 is 37.1. The minimum absolute atomic E-state index is 0.155. The topological polar surface area (TPSA) is 0 Å². The molecule has 0 fully saturated rings. The molecule has 0 radical (unpaired) electrons. The first-order chi connectivity index (χ1) is 16.6. The zero-order valence-electron chi connectivity index (χ0n) is 23.5. The highest BCUT2D eigenvalue weighted by molar-refractivity contribution is 5.20. The average molecular weight is 489 g/mol. The van der Waals surface area contributed by atoms with Crippen molar-refractivity contribution in [3.05, 3.63) is 107 Å². The van der Waals surface area contributed by atoms with Crippen molar-refractivity contribution in [3.63, 3.8) is 0 Å². The third-order valence-electron chi connectivity index (χ3n) is 4.96. The van der Waals surface area contributed by atoms with Gasteiger partial charge in [-0.3, -0.25) is 0 Å². The first kappa shape index (κ1) is 34.6. The third-order valence-corrected chi connectivity index (χ3v) is 4.96. The Balaban J connectivity index is 0. The van der Waals surface area contributed by atoms with Gasteiger partial charge in [-0.15, -0.1) is 0 Å². The molecule has 0 N–H and O–H groups in total. The van der Waals surface area contributed by atoms with Gasteiger partial charge >= 0.3 is 0 Å². The molecule has 0 bridgehead atoms. The first-order valence-electron chi connectivity index (χ1n) is 12.8. The number of rotatable bonds is 4. The molecule has 0 nitrogen and oxygen atoms in total. The fraction of sp³-hybridized carbons (Fsp3) is 0.438. The van der Waals surface area contributed by atoms with Crippen molar-refractivity contribution >= 4 is 0 Å². The molecule has 0 heterocycles. The maximum atomic E-state index is 12.6. The maximum absolute atomic E-state index is 12.6. The third kappa shape index (κ3) is 17.5. The molecular weight excluding hydrogens is 441 g/mol. The summed E-state index contributed by atoms with van der Waals surface area (Å²) in [7, 11) is 0. The smallest absolute Gasteiger partial charge is 0.123 e. The van der Waals surface area contributed by atoms with E-state index in [0.717, 1.165) is 12.0 Å². The molecule has 1 atom stereocenters. The predicted octanol–water partition coefficient (Wildman–Crippen LogP) is 10.8. The van der Waals surface area contributed by atoms with Crippen LogP contribution in [-0.2, 0) is 6.42 Å². The van der Waals surface area contributed by atoms with Crippen molar-refractivity contribution in [3.8, 4) is 0 Å². The van der Waals surface area contributed by atoms with Crippen molar-refractivity contribution in [2.75, 3.05) is 0 Å². The molecule has 196 valence electrons. The SMILES string of the molecule is CC.CC.CC(C)C(C)c1ccc(F)cc1.CC(C)Cc1ccc(F)cc1.Cc1ccc(F)cc1. The van der Waals surface area contributed by atoms with Crippen LogP contribution in [0.2, 0.25) is 0 Å². The van der Waals surface area contributed by atoms with E-state index < -0.39 is 0 Å². The van der Waals surface area contributed by atoms with Crippen molar-refractivity contribution in [1.29, 1.82) is 0 Å². The van der Waals surface area contributed by atoms with E-state index in [9.17, 15) is 13.2 Å². The van der Waals surface area contributed by atoms with Crippen molar-refractivity contribution < 1.29 is 13.2 Å². The second kappa shape index (κ2) is 20.8. The summed E-state index contributed by atoms with van der Waals surface area (Å²) in [5.74, 6) is 1.27. The second-order valence-corrected chi connectivity index (χ2v) is 8.60. The van der Waals surface area contributed by atoms with Crippen molar-refractivity contribution in [1.82, 2.24) is 0 Å². The highest BCUT2D eigenvalue weighted by Gasteiger charge is 2.08. The van der Waals surface area contributed by atoms with Crippen LogP contribution in [-0.4, -0.2) is 0 Å². The zero-order valence-corrected chi connectivity index (χ0v) is 23.5. The fourth-order valence-corrected chi connectivity index (χ4v) is 2.78. The molecular formula is C32H47F3. The van der Waals surface area contributed by atoms with Crippen molar-refractivity contribution in [2.45, 2.75) is 81.6 Å². The van der Waals surface area contributed by atoms with Crippen molar-refractivity contribution in [2.24, 2.45) is 11.8 Å². The van der Waals surface area contributed by atoms with Gasteiger partial charge in [0.2, 0.25) is 0 Å². The van der Waals surface area contributed by atoms with Crippen LogP contribution in [0.4, 0.5) is 13.2 Å². The quantitative estimate of drug-likeness (QED) is 0.342. The van der Waals surface area contributed by atoms with E-state index in [0.29, 0.717) is 17.8 Å². The minimum atomic E-state index is -0.171. The van der Waals surface area contributed by atoms with E-state index in [1.165, 1.54) is 47.5 Å².